The topological polar surface area (TPSA) is 104 Å². The molecule has 1 heterocycles. The van der Waals surface area contributed by atoms with Crippen molar-refractivity contribution in [3.05, 3.63) is 52.9 Å². The van der Waals surface area contributed by atoms with Gasteiger partial charge in [-0.2, -0.15) is 10.2 Å². The molecule has 0 spiro atoms. The van der Waals surface area contributed by atoms with E-state index in [1.807, 2.05) is 0 Å². The van der Waals surface area contributed by atoms with Crippen molar-refractivity contribution in [2.45, 2.75) is 0 Å². The van der Waals surface area contributed by atoms with Crippen LogP contribution in [0.1, 0.15) is 10.4 Å². The number of aromatic hydroxyl groups is 1. The lowest BCUT2D eigenvalue weighted by Gasteiger charge is -1.98. The van der Waals surface area contributed by atoms with Gasteiger partial charge < -0.3 is 9.52 Å². The van der Waals surface area contributed by atoms with Crippen LogP contribution in [0.15, 0.2) is 57.1 Å². The first-order valence-corrected chi connectivity index (χ1v) is 6.92. The number of benzene rings is 2. The predicted molar refractivity (Wildman–Crippen MR) is 84.8 cm³/mol. The Kier molecular flexibility index (Phi) is 4.07. The van der Waals surface area contributed by atoms with Crippen molar-refractivity contribution < 1.29 is 14.3 Å². The minimum atomic E-state index is -0.0906. The molecule has 3 rings (SSSR count). The standard InChI is InChI=1S/C15H10N4O3S/c20-8-10-7-12(5-6-13(10)21)17-16-11-3-1-9(2-4-11)14-18-19-15(23)22-14/h1-8,21H,(H,19,23). The molecular weight excluding hydrogens is 316 g/mol. The summed E-state index contributed by atoms with van der Waals surface area (Å²) in [6.45, 7) is 0. The highest BCUT2D eigenvalue weighted by atomic mass is 32.1. The number of aromatic amines is 1. The fourth-order valence-electron chi connectivity index (χ4n) is 1.84. The summed E-state index contributed by atoms with van der Waals surface area (Å²) >= 11 is 4.82. The summed E-state index contributed by atoms with van der Waals surface area (Å²) in [5, 5.41) is 24.0. The van der Waals surface area contributed by atoms with Crippen LogP contribution >= 0.6 is 12.2 Å². The van der Waals surface area contributed by atoms with E-state index in [-0.39, 0.29) is 16.2 Å². The zero-order valence-corrected chi connectivity index (χ0v) is 12.4. The Morgan fingerprint density at radius 2 is 1.83 bits per heavy atom. The molecule has 0 saturated heterocycles. The smallest absolute Gasteiger partial charge is 0.284 e. The van der Waals surface area contributed by atoms with Crippen LogP contribution in [0.2, 0.25) is 0 Å². The Bertz CT molecular complexity index is 928. The van der Waals surface area contributed by atoms with Crippen LogP contribution in [0, 0.1) is 4.84 Å². The zero-order valence-electron chi connectivity index (χ0n) is 11.6. The molecule has 8 heteroatoms. The third-order valence-corrected chi connectivity index (χ3v) is 3.15. The first-order chi connectivity index (χ1) is 11.2. The molecule has 0 bridgehead atoms. The monoisotopic (exact) mass is 326 g/mol. The number of H-pyrrole nitrogens is 1. The summed E-state index contributed by atoms with van der Waals surface area (Å²) in [4.78, 5) is 11.0. The molecule has 2 N–H and O–H groups in total. The number of rotatable bonds is 4. The molecule has 114 valence electrons. The third-order valence-electron chi connectivity index (χ3n) is 2.97. The Morgan fingerprint density at radius 3 is 2.48 bits per heavy atom. The van der Waals surface area contributed by atoms with Crippen molar-refractivity contribution in [3.63, 3.8) is 0 Å². The molecule has 1 aromatic heterocycles. The molecule has 0 saturated carbocycles. The molecule has 0 radical (unpaired) electrons. The maximum absolute atomic E-state index is 10.8. The van der Waals surface area contributed by atoms with Crippen LogP contribution in [0.25, 0.3) is 11.5 Å². The van der Waals surface area contributed by atoms with E-state index < -0.39 is 0 Å². The first-order valence-electron chi connectivity index (χ1n) is 6.51. The van der Waals surface area contributed by atoms with Crippen LogP contribution in [0.5, 0.6) is 5.75 Å². The van der Waals surface area contributed by atoms with E-state index >= 15 is 0 Å². The lowest BCUT2D eigenvalue weighted by atomic mass is 10.2. The van der Waals surface area contributed by atoms with Gasteiger partial charge in [-0.25, -0.2) is 5.10 Å². The fourth-order valence-corrected chi connectivity index (χ4v) is 1.96. The lowest BCUT2D eigenvalue weighted by molar-refractivity contribution is 0.112. The molecule has 7 nitrogen and oxygen atoms in total. The van der Waals surface area contributed by atoms with E-state index in [0.717, 1.165) is 5.56 Å². The van der Waals surface area contributed by atoms with E-state index in [1.54, 1.807) is 30.3 Å². The van der Waals surface area contributed by atoms with Crippen molar-refractivity contribution >= 4 is 29.9 Å². The molecule has 0 atom stereocenters. The Morgan fingerprint density at radius 1 is 1.13 bits per heavy atom. The summed E-state index contributed by atoms with van der Waals surface area (Å²) in [5.41, 5.74) is 2.00. The van der Waals surface area contributed by atoms with E-state index in [2.05, 4.69) is 20.4 Å². The van der Waals surface area contributed by atoms with Gasteiger partial charge in [-0.05, 0) is 54.7 Å². The van der Waals surface area contributed by atoms with Crippen LogP contribution in [0.4, 0.5) is 11.4 Å². The summed E-state index contributed by atoms with van der Waals surface area (Å²) in [7, 11) is 0. The van der Waals surface area contributed by atoms with Gasteiger partial charge >= 0.3 is 0 Å². The second-order valence-corrected chi connectivity index (χ2v) is 4.90. The number of nitrogens with zero attached hydrogens (tertiary/aromatic N) is 3. The SMILES string of the molecule is O=Cc1cc(N=Nc2ccc(-c3n[nH]c(=S)o3)cc2)ccc1O. The molecule has 0 aliphatic carbocycles. The average molecular weight is 326 g/mol. The highest BCUT2D eigenvalue weighted by Crippen LogP contribution is 2.25. The number of aromatic nitrogens is 2. The first kappa shape index (κ1) is 14.8. The largest absolute Gasteiger partial charge is 0.507 e. The molecule has 0 unspecified atom stereocenters. The van der Waals surface area contributed by atoms with Gasteiger partial charge in [-0.3, -0.25) is 4.79 Å². The minimum Gasteiger partial charge on any atom is -0.507 e. The summed E-state index contributed by atoms with van der Waals surface area (Å²) in [6, 6.07) is 11.4. The maximum Gasteiger partial charge on any atom is 0.284 e. The van der Waals surface area contributed by atoms with E-state index in [1.165, 1.54) is 12.1 Å². The van der Waals surface area contributed by atoms with Gasteiger partial charge in [0.25, 0.3) is 4.84 Å². The van der Waals surface area contributed by atoms with Gasteiger partial charge in [0.15, 0.2) is 6.29 Å². The van der Waals surface area contributed by atoms with Crippen LogP contribution in [0.3, 0.4) is 0 Å². The van der Waals surface area contributed by atoms with Crippen LogP contribution in [-0.4, -0.2) is 21.6 Å². The maximum atomic E-state index is 10.8. The lowest BCUT2D eigenvalue weighted by Crippen LogP contribution is -1.79. The normalized spacial score (nSPS) is 11.0. The summed E-state index contributed by atoms with van der Waals surface area (Å²) in [6.07, 6.45) is 0.559. The van der Waals surface area contributed by atoms with Crippen molar-refractivity contribution in [1.82, 2.24) is 10.2 Å². The van der Waals surface area contributed by atoms with Gasteiger partial charge in [-0.15, -0.1) is 5.10 Å². The minimum absolute atomic E-state index is 0.0906. The van der Waals surface area contributed by atoms with Crippen molar-refractivity contribution in [1.29, 1.82) is 0 Å². The number of carbonyl (C=O) groups excluding carboxylic acids is 1. The Balaban J connectivity index is 1.80. The van der Waals surface area contributed by atoms with Gasteiger partial charge in [0.1, 0.15) is 5.75 Å². The van der Waals surface area contributed by atoms with Crippen molar-refractivity contribution in [2.24, 2.45) is 10.2 Å². The van der Waals surface area contributed by atoms with Gasteiger partial charge in [-0.1, -0.05) is 0 Å². The molecule has 0 fully saturated rings. The van der Waals surface area contributed by atoms with Crippen molar-refractivity contribution in [2.75, 3.05) is 0 Å². The highest BCUT2D eigenvalue weighted by molar-refractivity contribution is 7.71. The van der Waals surface area contributed by atoms with Gasteiger partial charge in [0.2, 0.25) is 5.89 Å². The summed E-state index contributed by atoms with van der Waals surface area (Å²) in [5.74, 6) is 0.305. The van der Waals surface area contributed by atoms with Crippen LogP contribution in [-0.2, 0) is 0 Å². The quantitative estimate of drug-likeness (QED) is 0.422. The van der Waals surface area contributed by atoms with Gasteiger partial charge in [0, 0.05) is 5.56 Å². The number of phenolic OH excluding ortho intramolecular Hbond substituents is 1. The number of hydrogen-bond donors (Lipinski definition) is 2. The molecule has 3 aromatic rings. The number of carbonyl (C=O) groups is 1. The number of phenols is 1. The fraction of sp³-hybridized carbons (Fsp3) is 0. The molecular formula is C15H10N4O3S. The number of azo groups is 1. The zero-order chi connectivity index (χ0) is 16.2. The Hall–Kier alpha value is -3.13. The summed E-state index contributed by atoms with van der Waals surface area (Å²) < 4.78 is 5.21. The molecule has 0 aliphatic heterocycles. The van der Waals surface area contributed by atoms with E-state index in [4.69, 9.17) is 16.6 Å². The third kappa shape index (κ3) is 3.38. The predicted octanol–water partition coefficient (Wildman–Crippen LogP) is 4.33. The second kappa shape index (κ2) is 6.32. The van der Waals surface area contributed by atoms with E-state index in [9.17, 15) is 9.90 Å². The second-order valence-electron chi connectivity index (χ2n) is 4.53. The van der Waals surface area contributed by atoms with Crippen molar-refractivity contribution in [3.8, 4) is 17.2 Å². The molecule has 0 aliphatic rings. The molecule has 0 amide bonds. The Labute approximate surface area is 135 Å². The number of nitrogens with one attached hydrogen (secondary N) is 1. The number of aldehydes is 1. The highest BCUT2D eigenvalue weighted by Gasteiger charge is 2.04. The van der Waals surface area contributed by atoms with E-state index in [0.29, 0.717) is 23.6 Å². The molecule has 2 aromatic carbocycles. The molecule has 23 heavy (non-hydrogen) atoms. The number of hydrogen-bond acceptors (Lipinski definition) is 7. The van der Waals surface area contributed by atoms with Crippen LogP contribution < -0.4 is 0 Å². The average Bonchev–Trinajstić information content (AvgIpc) is 3.01. The van der Waals surface area contributed by atoms with Gasteiger partial charge in [0.05, 0.1) is 16.9 Å².